The van der Waals surface area contributed by atoms with Gasteiger partial charge in [-0.2, -0.15) is 0 Å². The summed E-state index contributed by atoms with van der Waals surface area (Å²) in [5, 5.41) is 0. The topological polar surface area (TPSA) is 46.8 Å². The summed E-state index contributed by atoms with van der Waals surface area (Å²) in [5.41, 5.74) is 9.41. The van der Waals surface area contributed by atoms with Crippen LogP contribution in [0.15, 0.2) is 82.1 Å². The van der Waals surface area contributed by atoms with Gasteiger partial charge in [0.15, 0.2) is 4.80 Å². The Balaban J connectivity index is 1.38. The molecule has 0 spiro atoms. The smallest absolute Gasteiger partial charge is 0.271 e. The monoisotopic (exact) mass is 547 g/mol. The molecule has 0 saturated carbocycles. The summed E-state index contributed by atoms with van der Waals surface area (Å²) >= 11 is 1.49. The van der Waals surface area contributed by atoms with Gasteiger partial charge in [0.25, 0.3) is 5.56 Å². The van der Waals surface area contributed by atoms with Crippen molar-refractivity contribution in [3.8, 4) is 5.75 Å². The van der Waals surface area contributed by atoms with Gasteiger partial charge in [-0.15, -0.1) is 0 Å². The Morgan fingerprint density at radius 3 is 2.60 bits per heavy atom. The highest BCUT2D eigenvalue weighted by atomic mass is 32.1. The molecule has 1 aromatic heterocycles. The summed E-state index contributed by atoms with van der Waals surface area (Å²) in [7, 11) is 0. The maximum atomic E-state index is 14.1. The van der Waals surface area contributed by atoms with Crippen LogP contribution in [0.2, 0.25) is 0 Å². The van der Waals surface area contributed by atoms with E-state index in [1.54, 1.807) is 0 Å². The highest BCUT2D eigenvalue weighted by Gasteiger charge is 2.32. The number of anilines is 1. The second-order valence-corrected chi connectivity index (χ2v) is 11.9. The van der Waals surface area contributed by atoms with E-state index in [0.717, 1.165) is 57.8 Å². The van der Waals surface area contributed by atoms with Crippen molar-refractivity contribution in [2.24, 2.45) is 4.99 Å². The molecule has 0 N–H and O–H groups in total. The molecule has 7 rings (SSSR count). The van der Waals surface area contributed by atoms with Crippen LogP contribution in [0.1, 0.15) is 60.0 Å². The molecule has 3 aliphatic rings. The van der Waals surface area contributed by atoms with Crippen molar-refractivity contribution >= 4 is 28.8 Å². The Morgan fingerprint density at radius 2 is 1.82 bits per heavy atom. The fourth-order valence-electron chi connectivity index (χ4n) is 6.37. The average Bonchev–Trinajstić information content (AvgIpc) is 3.62. The lowest BCUT2D eigenvalue weighted by molar-refractivity contribution is 0.340. The molecule has 5 nitrogen and oxygen atoms in total. The molecule has 1 fully saturated rings. The summed E-state index contributed by atoms with van der Waals surface area (Å²) in [6.45, 7) is 7.00. The molecule has 40 heavy (non-hydrogen) atoms. The van der Waals surface area contributed by atoms with Gasteiger partial charge in [-0.05, 0) is 97.7 Å². The van der Waals surface area contributed by atoms with Crippen LogP contribution in [-0.4, -0.2) is 24.3 Å². The standard InChI is InChI=1S/C34H33N3O2S/c1-3-39-27-15-11-24(12-16-27)32-29-17-13-23-8-4-5-9-28(23)31(29)35-34-37(32)33(38)30(40-34)21-25-10-14-26(20-22(25)2)36-18-6-7-19-36/h4-5,8-12,14-16,20-21,32H,3,6-7,13,17-19H2,1-2H3/b30-21-. The summed E-state index contributed by atoms with van der Waals surface area (Å²) in [6.07, 6.45) is 6.40. The predicted molar refractivity (Wildman–Crippen MR) is 163 cm³/mol. The maximum absolute atomic E-state index is 14.1. The van der Waals surface area contributed by atoms with E-state index in [4.69, 9.17) is 9.73 Å². The third-order valence-electron chi connectivity index (χ3n) is 8.39. The number of aromatic nitrogens is 1. The Bertz CT molecular complexity index is 1810. The van der Waals surface area contributed by atoms with Crippen LogP contribution in [-0.2, 0) is 6.42 Å². The third kappa shape index (κ3) is 4.31. The number of hydrogen-bond acceptors (Lipinski definition) is 5. The Labute approximate surface area is 238 Å². The van der Waals surface area contributed by atoms with E-state index in [-0.39, 0.29) is 11.6 Å². The minimum Gasteiger partial charge on any atom is -0.494 e. The predicted octanol–water partition coefficient (Wildman–Crippen LogP) is 5.63. The molecular weight excluding hydrogens is 514 g/mol. The Kier molecular flexibility index (Phi) is 6.43. The SMILES string of the molecule is CCOc1ccc(C2C3=C(N=c4s/c(=C\c5ccc(N6CCCC6)cc5C)c(=O)n42)c2ccccc2CC3)cc1. The zero-order valence-corrected chi connectivity index (χ0v) is 23.8. The van der Waals surface area contributed by atoms with E-state index < -0.39 is 0 Å². The van der Waals surface area contributed by atoms with Crippen molar-refractivity contribution < 1.29 is 4.74 Å². The summed E-state index contributed by atoms with van der Waals surface area (Å²) < 4.78 is 8.36. The van der Waals surface area contributed by atoms with Crippen LogP contribution < -0.4 is 24.5 Å². The molecule has 202 valence electrons. The summed E-state index contributed by atoms with van der Waals surface area (Å²) in [5.74, 6) is 0.842. The maximum Gasteiger partial charge on any atom is 0.271 e. The summed E-state index contributed by atoms with van der Waals surface area (Å²) in [6, 6.07) is 23.2. The first-order chi connectivity index (χ1) is 19.6. The number of aryl methyl sites for hydroxylation is 2. The zero-order chi connectivity index (χ0) is 27.2. The van der Waals surface area contributed by atoms with Gasteiger partial charge < -0.3 is 9.64 Å². The molecule has 1 atom stereocenters. The molecule has 3 aromatic carbocycles. The van der Waals surface area contributed by atoms with Crippen molar-refractivity contribution in [1.29, 1.82) is 0 Å². The number of nitrogens with zero attached hydrogens (tertiary/aromatic N) is 3. The molecule has 0 amide bonds. The quantitative estimate of drug-likeness (QED) is 0.326. The lowest BCUT2D eigenvalue weighted by Crippen LogP contribution is -2.38. The molecule has 2 aliphatic heterocycles. The van der Waals surface area contributed by atoms with Gasteiger partial charge in [-0.1, -0.05) is 53.8 Å². The fourth-order valence-corrected chi connectivity index (χ4v) is 7.36. The molecule has 1 saturated heterocycles. The fraction of sp³-hybridized carbons (Fsp3) is 0.294. The van der Waals surface area contributed by atoms with Crippen LogP contribution in [0.4, 0.5) is 5.69 Å². The lowest BCUT2D eigenvalue weighted by Gasteiger charge is -2.30. The molecule has 1 aliphatic carbocycles. The van der Waals surface area contributed by atoms with Crippen LogP contribution in [0.5, 0.6) is 5.75 Å². The highest BCUT2D eigenvalue weighted by Crippen LogP contribution is 2.41. The van der Waals surface area contributed by atoms with Crippen molar-refractivity contribution in [2.45, 2.75) is 45.6 Å². The highest BCUT2D eigenvalue weighted by molar-refractivity contribution is 7.07. The average molecular weight is 548 g/mol. The first kappa shape index (κ1) is 25.1. The molecule has 6 heteroatoms. The minimum absolute atomic E-state index is 0.0241. The normalized spacial score (nSPS) is 18.3. The van der Waals surface area contributed by atoms with E-state index in [9.17, 15) is 4.79 Å². The van der Waals surface area contributed by atoms with Crippen LogP contribution >= 0.6 is 11.3 Å². The van der Waals surface area contributed by atoms with Gasteiger partial charge in [0.2, 0.25) is 0 Å². The Morgan fingerprint density at radius 1 is 1.02 bits per heavy atom. The second kappa shape index (κ2) is 10.3. The zero-order valence-electron chi connectivity index (χ0n) is 23.0. The third-order valence-corrected chi connectivity index (χ3v) is 9.37. The van der Waals surface area contributed by atoms with Crippen LogP contribution in [0.25, 0.3) is 11.8 Å². The second-order valence-electron chi connectivity index (χ2n) is 10.9. The minimum atomic E-state index is -0.184. The first-order valence-electron chi connectivity index (χ1n) is 14.3. The van der Waals surface area contributed by atoms with E-state index >= 15 is 0 Å². The molecule has 3 heterocycles. The van der Waals surface area contributed by atoms with Gasteiger partial charge in [0.05, 0.1) is 22.9 Å². The van der Waals surface area contributed by atoms with Gasteiger partial charge >= 0.3 is 0 Å². The van der Waals surface area contributed by atoms with E-state index in [2.05, 4.69) is 72.5 Å². The molecule has 0 bridgehead atoms. The van der Waals surface area contributed by atoms with E-state index in [0.29, 0.717) is 6.61 Å². The lowest BCUT2D eigenvalue weighted by atomic mass is 9.83. The van der Waals surface area contributed by atoms with Crippen molar-refractivity contribution in [2.75, 3.05) is 24.6 Å². The first-order valence-corrected chi connectivity index (χ1v) is 15.1. The molecular formula is C34H33N3O2S. The van der Waals surface area contributed by atoms with Gasteiger partial charge in [0.1, 0.15) is 5.75 Å². The molecule has 4 aromatic rings. The van der Waals surface area contributed by atoms with Crippen molar-refractivity contribution in [3.05, 3.63) is 120 Å². The van der Waals surface area contributed by atoms with Crippen LogP contribution in [0, 0.1) is 6.92 Å². The van der Waals surface area contributed by atoms with E-state index in [1.807, 2.05) is 23.6 Å². The molecule has 0 radical (unpaired) electrons. The van der Waals surface area contributed by atoms with Gasteiger partial charge in [-0.3, -0.25) is 9.36 Å². The van der Waals surface area contributed by atoms with E-state index in [1.165, 1.54) is 52.1 Å². The largest absolute Gasteiger partial charge is 0.494 e. The number of ether oxygens (including phenoxy) is 1. The number of benzene rings is 3. The molecule has 1 unspecified atom stereocenters. The van der Waals surface area contributed by atoms with Gasteiger partial charge in [-0.25, -0.2) is 4.99 Å². The summed E-state index contributed by atoms with van der Waals surface area (Å²) in [4.78, 5) is 22.5. The van der Waals surface area contributed by atoms with Crippen LogP contribution in [0.3, 0.4) is 0 Å². The number of allylic oxidation sites excluding steroid dienone is 1. The number of rotatable bonds is 5. The van der Waals surface area contributed by atoms with Gasteiger partial charge in [0, 0.05) is 24.3 Å². The number of fused-ring (bicyclic) bond motifs is 3. The van der Waals surface area contributed by atoms with Crippen molar-refractivity contribution in [1.82, 2.24) is 4.57 Å². The van der Waals surface area contributed by atoms with Crippen molar-refractivity contribution in [3.63, 3.8) is 0 Å². The Hall–Kier alpha value is -3.90. The number of thiazole rings is 1. The number of hydrogen-bond donors (Lipinski definition) is 0.